The van der Waals surface area contributed by atoms with Crippen molar-refractivity contribution in [1.29, 1.82) is 0 Å². The van der Waals surface area contributed by atoms with E-state index in [2.05, 4.69) is 13.8 Å². The monoisotopic (exact) mass is 348 g/mol. The van der Waals surface area contributed by atoms with E-state index in [0.29, 0.717) is 12.3 Å². The number of unbranched alkanes of at least 4 members (excludes halogenated alkanes) is 1. The minimum atomic E-state index is -5.02. The summed E-state index contributed by atoms with van der Waals surface area (Å²) in [5.74, 6) is 0.627. The van der Waals surface area contributed by atoms with E-state index < -0.39 is 12.9 Å². The molecule has 132 valence electrons. The molecule has 3 nitrogen and oxygen atoms in total. The predicted octanol–water partition coefficient (Wildman–Crippen LogP) is 4.54. The molecule has 0 amide bonds. The summed E-state index contributed by atoms with van der Waals surface area (Å²) in [6.07, 6.45) is 3.52. The summed E-state index contributed by atoms with van der Waals surface area (Å²) < 4.78 is 0. The summed E-state index contributed by atoms with van der Waals surface area (Å²) >= 11 is 0. The molecule has 0 saturated carbocycles. The van der Waals surface area contributed by atoms with Crippen molar-refractivity contribution in [1.82, 2.24) is 0 Å². The summed E-state index contributed by atoms with van der Waals surface area (Å²) in [6, 6.07) is 17.8. The van der Waals surface area contributed by atoms with E-state index >= 15 is 0 Å². The van der Waals surface area contributed by atoms with E-state index in [9.17, 15) is 14.7 Å². The van der Waals surface area contributed by atoms with Crippen molar-refractivity contribution in [3.63, 3.8) is 0 Å². The summed E-state index contributed by atoms with van der Waals surface area (Å²) in [4.78, 5) is 33.0. The van der Waals surface area contributed by atoms with Gasteiger partial charge in [0.25, 0.3) is 0 Å². The van der Waals surface area contributed by atoms with Crippen LogP contribution in [0.2, 0.25) is 0 Å². The number of benzene rings is 2. The fourth-order valence-corrected chi connectivity index (χ4v) is 5.62. The molecular formula is C20H29O3P. The molecule has 2 aromatic rings. The molecule has 0 fully saturated rings. The van der Waals surface area contributed by atoms with Crippen molar-refractivity contribution in [2.24, 2.45) is 5.92 Å². The van der Waals surface area contributed by atoms with Crippen molar-refractivity contribution in [3.8, 4) is 0 Å². The van der Waals surface area contributed by atoms with Gasteiger partial charge in [-0.2, -0.15) is 0 Å². The maximum atomic E-state index is 11.0. The third-order valence-corrected chi connectivity index (χ3v) is 7.51. The Labute approximate surface area is 145 Å². The Balaban J connectivity index is 2.31. The molecule has 0 heterocycles. The molecule has 0 bridgehead atoms. The molecule has 0 radical (unpaired) electrons. The standard InChI is InChI=1S/C20H29O3P/c1-17(2)11-9-10-16-20(18-12-5-3-6-13-18)24(21,22,23)19-14-7-4-8-15-19/h3-8,12-15,17,20-23H,9-11,16H2,1-2H3. The van der Waals surface area contributed by atoms with E-state index in [0.717, 1.165) is 24.8 Å². The second kappa shape index (κ2) is 7.76. The molecule has 3 N–H and O–H groups in total. The summed E-state index contributed by atoms with van der Waals surface area (Å²) in [6.45, 7) is 4.37. The molecule has 1 unspecified atom stereocenters. The van der Waals surface area contributed by atoms with Gasteiger partial charge < -0.3 is 0 Å². The molecule has 0 spiro atoms. The van der Waals surface area contributed by atoms with E-state index in [1.807, 2.05) is 30.3 Å². The van der Waals surface area contributed by atoms with Gasteiger partial charge in [0, 0.05) is 0 Å². The van der Waals surface area contributed by atoms with Gasteiger partial charge in [0.2, 0.25) is 0 Å². The normalized spacial score (nSPS) is 15.0. The van der Waals surface area contributed by atoms with Crippen LogP contribution in [0.1, 0.15) is 50.8 Å². The van der Waals surface area contributed by atoms with Crippen molar-refractivity contribution in [3.05, 3.63) is 66.2 Å². The molecule has 24 heavy (non-hydrogen) atoms. The Hall–Kier alpha value is -1.25. The predicted molar refractivity (Wildman–Crippen MR) is 102 cm³/mol. The molecule has 2 rings (SSSR count). The average Bonchev–Trinajstić information content (AvgIpc) is 2.55. The van der Waals surface area contributed by atoms with E-state index in [1.54, 1.807) is 30.3 Å². The van der Waals surface area contributed by atoms with Gasteiger partial charge in [0.05, 0.1) is 0 Å². The summed E-state index contributed by atoms with van der Waals surface area (Å²) in [5, 5.41) is 0.223. The first-order valence-corrected chi connectivity index (χ1v) is 10.8. The van der Waals surface area contributed by atoms with Gasteiger partial charge in [-0.1, -0.05) is 0 Å². The maximum absolute atomic E-state index is 11.0. The number of hydrogen-bond donors (Lipinski definition) is 3. The Morgan fingerprint density at radius 3 is 1.79 bits per heavy atom. The quantitative estimate of drug-likeness (QED) is 0.485. The van der Waals surface area contributed by atoms with E-state index in [4.69, 9.17) is 0 Å². The van der Waals surface area contributed by atoms with Gasteiger partial charge in [0.15, 0.2) is 0 Å². The van der Waals surface area contributed by atoms with Gasteiger partial charge in [-0.15, -0.1) is 0 Å². The zero-order valence-corrected chi connectivity index (χ0v) is 15.4. The molecule has 0 aliphatic heterocycles. The molecule has 0 aliphatic carbocycles. The van der Waals surface area contributed by atoms with E-state index in [-0.39, 0.29) is 5.30 Å². The van der Waals surface area contributed by atoms with Gasteiger partial charge in [-0.25, -0.2) is 0 Å². The van der Waals surface area contributed by atoms with Crippen LogP contribution in [0.4, 0.5) is 0 Å². The van der Waals surface area contributed by atoms with Crippen molar-refractivity contribution in [2.75, 3.05) is 0 Å². The first-order valence-electron chi connectivity index (χ1n) is 8.66. The van der Waals surface area contributed by atoms with Crippen LogP contribution in [0, 0.1) is 5.92 Å². The molecular weight excluding hydrogens is 319 g/mol. The van der Waals surface area contributed by atoms with E-state index in [1.165, 1.54) is 0 Å². The molecule has 0 aliphatic rings. The second-order valence-electron chi connectivity index (χ2n) is 6.98. The van der Waals surface area contributed by atoms with Crippen LogP contribution >= 0.6 is 7.28 Å². The fraction of sp³-hybridized carbons (Fsp3) is 0.400. The first-order chi connectivity index (χ1) is 11.3. The van der Waals surface area contributed by atoms with Gasteiger partial charge in [-0.3, -0.25) is 0 Å². The third kappa shape index (κ3) is 4.64. The van der Waals surface area contributed by atoms with Crippen LogP contribution in [-0.4, -0.2) is 14.7 Å². The van der Waals surface area contributed by atoms with Crippen LogP contribution in [0.25, 0.3) is 0 Å². The zero-order valence-electron chi connectivity index (χ0n) is 14.5. The SMILES string of the molecule is CC(C)CCCCC(c1ccccc1)P(O)(O)(O)c1ccccc1. The zero-order chi connectivity index (χ0) is 17.7. The van der Waals surface area contributed by atoms with Gasteiger partial charge >= 0.3 is 145 Å². The van der Waals surface area contributed by atoms with Gasteiger partial charge in [-0.05, 0) is 0 Å². The van der Waals surface area contributed by atoms with Crippen LogP contribution in [0.15, 0.2) is 60.7 Å². The van der Waals surface area contributed by atoms with Gasteiger partial charge in [0.1, 0.15) is 0 Å². The van der Waals surface area contributed by atoms with Crippen LogP contribution in [0.5, 0.6) is 0 Å². The fourth-order valence-electron chi connectivity index (χ4n) is 3.14. The van der Waals surface area contributed by atoms with Crippen LogP contribution < -0.4 is 5.30 Å². The minimum absolute atomic E-state index is 0.223. The summed E-state index contributed by atoms with van der Waals surface area (Å²) in [7, 11) is -5.02. The van der Waals surface area contributed by atoms with Crippen LogP contribution in [0.3, 0.4) is 0 Å². The average molecular weight is 348 g/mol. The number of rotatable bonds is 8. The Morgan fingerprint density at radius 2 is 1.25 bits per heavy atom. The number of hydrogen-bond acceptors (Lipinski definition) is 3. The van der Waals surface area contributed by atoms with Crippen molar-refractivity contribution in [2.45, 2.75) is 45.2 Å². The molecule has 1 atom stereocenters. The molecule has 4 heteroatoms. The Morgan fingerprint density at radius 1 is 0.750 bits per heavy atom. The van der Waals surface area contributed by atoms with Crippen molar-refractivity contribution < 1.29 is 14.7 Å². The molecule has 0 saturated heterocycles. The molecule has 0 aromatic heterocycles. The second-order valence-corrected chi connectivity index (χ2v) is 10.2. The van der Waals surface area contributed by atoms with Crippen LogP contribution in [-0.2, 0) is 0 Å². The third-order valence-electron chi connectivity index (χ3n) is 4.52. The topological polar surface area (TPSA) is 60.7 Å². The first kappa shape index (κ1) is 19.1. The Kier molecular flexibility index (Phi) is 6.17. The molecule has 2 aromatic carbocycles. The van der Waals surface area contributed by atoms with Crippen molar-refractivity contribution >= 4 is 12.6 Å². The summed E-state index contributed by atoms with van der Waals surface area (Å²) in [5.41, 5.74) is 0.0860. The Bertz CT molecular complexity index is 618.